The van der Waals surface area contributed by atoms with E-state index >= 15 is 0 Å². The first-order chi connectivity index (χ1) is 15.2. The Balaban J connectivity index is 1.53. The molecular weight excluding hydrogens is 388 g/mol. The smallest absolute Gasteiger partial charge is 0.138 e. The highest BCUT2D eigenvalue weighted by atomic mass is 16.5. The first-order valence-electron chi connectivity index (χ1n) is 10.9. The van der Waals surface area contributed by atoms with Gasteiger partial charge in [-0.3, -0.25) is 14.3 Å². The molecule has 1 saturated heterocycles. The molecule has 1 N–H and O–H groups in total. The summed E-state index contributed by atoms with van der Waals surface area (Å²) in [6, 6.07) is 6.84. The maximum atomic E-state index is 6.48. The van der Waals surface area contributed by atoms with Crippen LogP contribution in [-0.2, 0) is 14.1 Å². The van der Waals surface area contributed by atoms with Crippen molar-refractivity contribution in [3.05, 3.63) is 49.2 Å². The fraction of sp³-hybridized carbons (Fsp3) is 0.375. The minimum atomic E-state index is 0.537. The number of piperidine rings is 1. The molecular formula is C24H28N6O. The fourth-order valence-electron chi connectivity index (χ4n) is 4.31. The van der Waals surface area contributed by atoms with Crippen LogP contribution < -0.4 is 10.1 Å². The second kappa shape index (κ2) is 8.51. The zero-order valence-electron chi connectivity index (χ0n) is 18.1. The van der Waals surface area contributed by atoms with Gasteiger partial charge in [0.2, 0.25) is 0 Å². The summed E-state index contributed by atoms with van der Waals surface area (Å²) in [6.07, 6.45) is 14.5. The minimum absolute atomic E-state index is 0.537. The highest BCUT2D eigenvalue weighted by Gasteiger charge is 2.17. The van der Waals surface area contributed by atoms with E-state index in [0.29, 0.717) is 12.6 Å². The average molecular weight is 417 g/mol. The summed E-state index contributed by atoms with van der Waals surface area (Å²) in [5.74, 6) is 0.875. The number of aryl methyl sites for hydroxylation is 2. The van der Waals surface area contributed by atoms with Gasteiger partial charge in [-0.05, 0) is 43.5 Å². The van der Waals surface area contributed by atoms with Crippen LogP contribution in [0.1, 0.15) is 25.7 Å². The maximum absolute atomic E-state index is 6.48. The third-order valence-electron chi connectivity index (χ3n) is 6.00. The van der Waals surface area contributed by atoms with Gasteiger partial charge in [-0.25, -0.2) is 0 Å². The lowest BCUT2D eigenvalue weighted by atomic mass is 10.0. The summed E-state index contributed by atoms with van der Waals surface area (Å²) >= 11 is 0. The average Bonchev–Trinajstić information content (AvgIpc) is 3.42. The van der Waals surface area contributed by atoms with Crippen LogP contribution in [0.15, 0.2) is 49.2 Å². The lowest BCUT2D eigenvalue weighted by Gasteiger charge is -2.23. The van der Waals surface area contributed by atoms with Gasteiger partial charge in [0, 0.05) is 60.8 Å². The Morgan fingerprint density at radius 2 is 1.81 bits per heavy atom. The van der Waals surface area contributed by atoms with Crippen LogP contribution in [0.25, 0.3) is 33.2 Å². The van der Waals surface area contributed by atoms with Crippen molar-refractivity contribution in [2.45, 2.75) is 31.7 Å². The molecule has 1 fully saturated rings. The van der Waals surface area contributed by atoms with Crippen molar-refractivity contribution < 1.29 is 4.74 Å². The summed E-state index contributed by atoms with van der Waals surface area (Å²) in [6.45, 7) is 1.78. The Hall–Kier alpha value is -3.19. The van der Waals surface area contributed by atoms with Crippen LogP contribution in [0.4, 0.5) is 0 Å². The van der Waals surface area contributed by atoms with Crippen LogP contribution in [0.2, 0.25) is 0 Å². The molecule has 0 unspecified atom stereocenters. The minimum Gasteiger partial charge on any atom is -0.492 e. The summed E-state index contributed by atoms with van der Waals surface area (Å²) in [5.41, 5.74) is 5.08. The molecule has 7 nitrogen and oxygen atoms in total. The monoisotopic (exact) mass is 416 g/mol. The van der Waals surface area contributed by atoms with Crippen molar-refractivity contribution in [3.8, 4) is 28.0 Å². The largest absolute Gasteiger partial charge is 0.492 e. The van der Waals surface area contributed by atoms with Gasteiger partial charge in [0.05, 0.1) is 24.5 Å². The van der Waals surface area contributed by atoms with Crippen molar-refractivity contribution in [3.63, 3.8) is 0 Å². The van der Waals surface area contributed by atoms with Gasteiger partial charge >= 0.3 is 0 Å². The van der Waals surface area contributed by atoms with E-state index in [0.717, 1.165) is 51.9 Å². The molecule has 31 heavy (non-hydrogen) atoms. The number of ether oxygens (including phenoxy) is 1. The fourth-order valence-corrected chi connectivity index (χ4v) is 4.31. The molecule has 0 bridgehead atoms. The first kappa shape index (κ1) is 19.8. The molecule has 7 heteroatoms. The molecule has 4 aromatic rings. The van der Waals surface area contributed by atoms with E-state index in [2.05, 4.69) is 33.7 Å². The predicted molar refractivity (Wildman–Crippen MR) is 122 cm³/mol. The van der Waals surface area contributed by atoms with Crippen LogP contribution in [0.3, 0.4) is 0 Å². The number of rotatable bonds is 6. The number of nitrogens with one attached hydrogen (secondary N) is 1. The quantitative estimate of drug-likeness (QED) is 0.515. The topological polar surface area (TPSA) is 69.8 Å². The van der Waals surface area contributed by atoms with Gasteiger partial charge in [0.15, 0.2) is 0 Å². The SMILES string of the molecule is Cn1cc(-c2ccc3ncc(-c4cnn(C)c4)c(OCC[C@@H]4CCCCN4)c3c2)cn1. The van der Waals surface area contributed by atoms with Crippen molar-refractivity contribution in [2.24, 2.45) is 14.1 Å². The van der Waals surface area contributed by atoms with Crippen molar-refractivity contribution in [1.29, 1.82) is 0 Å². The summed E-state index contributed by atoms with van der Waals surface area (Å²) in [4.78, 5) is 4.72. The molecule has 5 rings (SSSR count). The van der Waals surface area contributed by atoms with E-state index in [4.69, 9.17) is 9.72 Å². The zero-order valence-corrected chi connectivity index (χ0v) is 18.1. The number of aromatic nitrogens is 5. The van der Waals surface area contributed by atoms with Gasteiger partial charge < -0.3 is 10.1 Å². The van der Waals surface area contributed by atoms with E-state index in [1.807, 2.05) is 49.8 Å². The number of fused-ring (bicyclic) bond motifs is 1. The Morgan fingerprint density at radius 3 is 2.52 bits per heavy atom. The van der Waals surface area contributed by atoms with Crippen LogP contribution >= 0.6 is 0 Å². The molecule has 3 aromatic heterocycles. The van der Waals surface area contributed by atoms with Crippen molar-refractivity contribution >= 4 is 10.9 Å². The lowest BCUT2D eigenvalue weighted by Crippen LogP contribution is -2.35. The molecule has 1 aliphatic heterocycles. The third-order valence-corrected chi connectivity index (χ3v) is 6.00. The normalized spacial score (nSPS) is 16.6. The molecule has 4 heterocycles. The molecule has 1 aliphatic rings. The van der Waals surface area contributed by atoms with E-state index < -0.39 is 0 Å². The summed E-state index contributed by atoms with van der Waals surface area (Å²) < 4.78 is 10.1. The van der Waals surface area contributed by atoms with E-state index in [1.54, 1.807) is 4.68 Å². The molecule has 0 amide bonds. The number of nitrogens with zero attached hydrogens (tertiary/aromatic N) is 5. The van der Waals surface area contributed by atoms with Gasteiger partial charge in [-0.1, -0.05) is 12.5 Å². The molecule has 160 valence electrons. The number of hydrogen-bond acceptors (Lipinski definition) is 5. The maximum Gasteiger partial charge on any atom is 0.138 e. The molecule has 0 spiro atoms. The molecule has 0 saturated carbocycles. The molecule has 0 aliphatic carbocycles. The predicted octanol–water partition coefficient (Wildman–Crippen LogP) is 3.95. The lowest BCUT2D eigenvalue weighted by molar-refractivity contribution is 0.271. The van der Waals surface area contributed by atoms with Gasteiger partial charge in [0.1, 0.15) is 5.75 Å². The zero-order chi connectivity index (χ0) is 21.2. The van der Waals surface area contributed by atoms with Crippen molar-refractivity contribution in [2.75, 3.05) is 13.2 Å². The number of hydrogen-bond donors (Lipinski definition) is 1. The van der Waals surface area contributed by atoms with E-state index in [9.17, 15) is 0 Å². The second-order valence-corrected chi connectivity index (χ2v) is 8.32. The van der Waals surface area contributed by atoms with Crippen LogP contribution in [0, 0.1) is 0 Å². The highest BCUT2D eigenvalue weighted by molar-refractivity contribution is 5.94. The third kappa shape index (κ3) is 4.18. The standard InChI is InChI=1S/C24H28N6O/c1-29-15-18(12-27-29)17-6-7-23-21(11-17)24(31-10-8-20-5-3-4-9-25-20)22(14-26-23)19-13-28-30(2)16-19/h6-7,11-16,20,25H,3-5,8-10H2,1-2H3/t20-/m0/s1. The Kier molecular flexibility index (Phi) is 5.42. The summed E-state index contributed by atoms with van der Waals surface area (Å²) in [5, 5.41) is 13.3. The van der Waals surface area contributed by atoms with Crippen molar-refractivity contribution in [1.82, 2.24) is 29.9 Å². The Labute approximate surface area is 182 Å². The van der Waals surface area contributed by atoms with Gasteiger partial charge in [-0.2, -0.15) is 10.2 Å². The number of pyridine rings is 1. The molecule has 1 atom stereocenters. The molecule has 0 radical (unpaired) electrons. The van der Waals surface area contributed by atoms with Crippen LogP contribution in [0.5, 0.6) is 5.75 Å². The highest BCUT2D eigenvalue weighted by Crippen LogP contribution is 2.37. The van der Waals surface area contributed by atoms with Crippen LogP contribution in [-0.4, -0.2) is 43.7 Å². The van der Waals surface area contributed by atoms with E-state index in [-0.39, 0.29) is 0 Å². The van der Waals surface area contributed by atoms with Gasteiger partial charge in [-0.15, -0.1) is 0 Å². The van der Waals surface area contributed by atoms with E-state index in [1.165, 1.54) is 19.3 Å². The summed E-state index contributed by atoms with van der Waals surface area (Å²) in [7, 11) is 3.86. The Bertz CT molecular complexity index is 1180. The molecule has 1 aromatic carbocycles. The Morgan fingerprint density at radius 1 is 1.00 bits per heavy atom. The number of benzene rings is 1. The second-order valence-electron chi connectivity index (χ2n) is 8.32. The van der Waals surface area contributed by atoms with Gasteiger partial charge in [0.25, 0.3) is 0 Å². The first-order valence-corrected chi connectivity index (χ1v) is 10.9.